The maximum absolute atomic E-state index is 7.94. The molecule has 12 aromatic carbocycles. The van der Waals surface area contributed by atoms with Crippen molar-refractivity contribution in [2.45, 2.75) is 125 Å². The van der Waals surface area contributed by atoms with Crippen molar-refractivity contribution in [3.05, 3.63) is 300 Å². The molecule has 0 unspecified atom stereocenters. The fourth-order valence-electron chi connectivity index (χ4n) is 15.0. The largest absolute Gasteiger partial charge is 0.864 e. The molecule has 0 radical (unpaired) electrons. The maximum atomic E-state index is 7.94. The Kier molecular flexibility index (Phi) is 17.9. The van der Waals surface area contributed by atoms with Gasteiger partial charge in [0.05, 0.1) is 0 Å². The van der Waals surface area contributed by atoms with E-state index >= 15 is 0 Å². The Hall–Kier alpha value is -9.90. The van der Waals surface area contributed by atoms with E-state index in [-0.39, 0.29) is 0 Å². The van der Waals surface area contributed by atoms with Gasteiger partial charge in [-0.3, -0.25) is 0 Å². The predicted molar refractivity (Wildman–Crippen MR) is 401 cm³/mol. The molecule has 4 heteroatoms. The van der Waals surface area contributed by atoms with Crippen molar-refractivity contribution in [2.75, 3.05) is 0 Å². The van der Waals surface area contributed by atoms with Gasteiger partial charge in [0.15, 0.2) is 0 Å². The lowest BCUT2D eigenvalue weighted by Gasteiger charge is -2.27. The predicted octanol–water partition coefficient (Wildman–Crippen LogP) is 24.8. The molecule has 0 atom stereocenters. The average Bonchev–Trinajstić information content (AvgIpc) is 0.764. The van der Waals surface area contributed by atoms with E-state index in [1.54, 1.807) is 0 Å². The van der Waals surface area contributed by atoms with E-state index in [2.05, 4.69) is 325 Å². The molecule has 0 aromatic heterocycles. The topological polar surface area (TPSA) is 27.7 Å². The second-order valence-electron chi connectivity index (χ2n) is 27.6. The average molecular weight is 1230 g/mol. The minimum Gasteiger partial charge on any atom is -0.489 e. The fraction of sp³-hybridized carbons (Fsp3) is 0.200. The quantitative estimate of drug-likeness (QED) is 0.0958. The fourth-order valence-corrected chi connectivity index (χ4v) is 15.0. The van der Waals surface area contributed by atoms with E-state index in [1.807, 2.05) is 0 Å². The Morgan fingerprint density at radius 3 is 0.457 bits per heavy atom. The lowest BCUT2D eigenvalue weighted by molar-refractivity contribution is 0.309. The summed E-state index contributed by atoms with van der Waals surface area (Å²) >= 11 is 0. The minimum absolute atomic E-state index is 0.612. The third kappa shape index (κ3) is 13.9. The van der Waals surface area contributed by atoms with Crippen LogP contribution < -0.4 is 14.0 Å². The highest BCUT2D eigenvalue weighted by atomic mass is 16.7. The van der Waals surface area contributed by atoms with Crippen LogP contribution >= 0.6 is 0 Å². The summed E-state index contributed by atoms with van der Waals surface area (Å²) in [4.78, 5) is 0. The van der Waals surface area contributed by atoms with Crippen LogP contribution in [0, 0.1) is 125 Å². The zero-order valence-electron chi connectivity index (χ0n) is 58.4. The standard InChI is InChI=1S/C90H87BO3/c1-52-25-53(2)35-70(34-52)79-19-22-82(88(76-46-64(13)31-65(14)47-76)85(79)73-40-58(7)28-59(8)41-73)92-91(93-83-23-20-80(71-36-54(3)26-55(4)37-71)86(74-42-60(9)29-61(10)43-74)89(83)77-48-66(15)32-67(16)49-77)94-84-24-21-81(72-38-56(5)27-57(6)39-72)87(75-44-62(11)30-63(12)45-75)90(84)78-50-68(17)33-69(18)51-78/h19-51H,1-18H3. The molecule has 468 valence electrons. The SMILES string of the molecule is Cc1cc(C)cc(-c2ccc(OB(Oc3ccc(-c4cc(C)cc(C)c4)c(-c4cc(C)cc(C)c4)c3-c3cc(C)cc(C)c3)Oc3ccc(-c4cc(C)cc(C)c4)c(-c4cc(C)cc(C)c4)c3-c3cc(C)cc(C)c3)c(-c3cc(C)cc(C)c3)c2-c2cc(C)cc(C)c2)c1. The molecule has 3 nitrogen and oxygen atoms in total. The number of aryl methyl sites for hydroxylation is 18. The van der Waals surface area contributed by atoms with Gasteiger partial charge >= 0.3 is 7.32 Å². The van der Waals surface area contributed by atoms with Crippen LogP contribution in [0.3, 0.4) is 0 Å². The summed E-state index contributed by atoms with van der Waals surface area (Å²) in [6.45, 7) is 39.4. The summed E-state index contributed by atoms with van der Waals surface area (Å²) in [5.41, 5.74) is 40.2. The highest BCUT2D eigenvalue weighted by Crippen LogP contribution is 2.52. The third-order valence-electron chi connectivity index (χ3n) is 17.8. The molecule has 94 heavy (non-hydrogen) atoms. The van der Waals surface area contributed by atoms with Crippen LogP contribution in [0.5, 0.6) is 17.2 Å². The summed E-state index contributed by atoms with van der Waals surface area (Å²) in [5.74, 6) is 1.84. The van der Waals surface area contributed by atoms with E-state index in [4.69, 9.17) is 14.0 Å². The van der Waals surface area contributed by atoms with Crippen LogP contribution in [0.15, 0.2) is 200 Å². The lowest BCUT2D eigenvalue weighted by atomic mass is 9.84. The molecule has 0 heterocycles. The van der Waals surface area contributed by atoms with Gasteiger partial charge in [0.25, 0.3) is 0 Å². The second-order valence-corrected chi connectivity index (χ2v) is 27.6. The van der Waals surface area contributed by atoms with Gasteiger partial charge in [0, 0.05) is 33.4 Å². The zero-order valence-corrected chi connectivity index (χ0v) is 58.4. The molecule has 0 N–H and O–H groups in total. The van der Waals surface area contributed by atoms with Crippen molar-refractivity contribution < 1.29 is 14.0 Å². The van der Waals surface area contributed by atoms with Crippen LogP contribution in [0.1, 0.15) is 100 Å². The molecule has 0 saturated heterocycles. The first-order chi connectivity index (χ1) is 44.8. The molecule has 0 fully saturated rings. The smallest absolute Gasteiger partial charge is 0.489 e. The zero-order chi connectivity index (χ0) is 66.5. The Balaban J connectivity index is 1.21. The summed E-state index contributed by atoms with van der Waals surface area (Å²) in [6.07, 6.45) is 0. The van der Waals surface area contributed by atoms with Gasteiger partial charge in [-0.25, -0.2) is 0 Å². The van der Waals surface area contributed by atoms with Gasteiger partial charge < -0.3 is 14.0 Å². The number of benzene rings is 12. The van der Waals surface area contributed by atoms with Crippen molar-refractivity contribution in [3.8, 4) is 117 Å². The van der Waals surface area contributed by atoms with Crippen LogP contribution in [-0.4, -0.2) is 7.32 Å². The van der Waals surface area contributed by atoms with E-state index < -0.39 is 7.32 Å². The highest BCUT2D eigenvalue weighted by Gasteiger charge is 2.37. The molecule has 0 aliphatic rings. The molecule has 0 spiro atoms. The summed E-state index contributed by atoms with van der Waals surface area (Å²) in [7, 11) is -1.41. The molecule has 0 amide bonds. The van der Waals surface area contributed by atoms with Crippen LogP contribution in [0.4, 0.5) is 0 Å². The van der Waals surface area contributed by atoms with Crippen LogP contribution in [-0.2, 0) is 0 Å². The molecule has 12 aromatic rings. The summed E-state index contributed by atoms with van der Waals surface area (Å²) in [6, 6.07) is 75.0. The molecule has 12 rings (SSSR count). The number of hydrogen-bond donors (Lipinski definition) is 0. The van der Waals surface area contributed by atoms with Crippen molar-refractivity contribution in [1.29, 1.82) is 0 Å². The summed E-state index contributed by atoms with van der Waals surface area (Å²) in [5, 5.41) is 0. The lowest BCUT2D eigenvalue weighted by Crippen LogP contribution is -2.37. The Morgan fingerprint density at radius 1 is 0.160 bits per heavy atom. The Bertz CT molecular complexity index is 4300. The van der Waals surface area contributed by atoms with Gasteiger partial charge in [0.1, 0.15) is 17.2 Å². The van der Waals surface area contributed by atoms with Crippen LogP contribution in [0.25, 0.3) is 100 Å². The van der Waals surface area contributed by atoms with Crippen LogP contribution in [0.2, 0.25) is 0 Å². The first-order valence-corrected chi connectivity index (χ1v) is 33.1. The van der Waals surface area contributed by atoms with E-state index in [9.17, 15) is 0 Å². The molecular formula is C90H87BO3. The first-order valence-electron chi connectivity index (χ1n) is 33.1. The maximum Gasteiger partial charge on any atom is 0.864 e. The summed E-state index contributed by atoms with van der Waals surface area (Å²) < 4.78 is 23.8. The van der Waals surface area contributed by atoms with Crippen molar-refractivity contribution in [2.24, 2.45) is 0 Å². The second kappa shape index (κ2) is 26.2. The van der Waals surface area contributed by atoms with Gasteiger partial charge in [-0.05, 0) is 210 Å². The van der Waals surface area contributed by atoms with E-state index in [0.29, 0.717) is 17.2 Å². The van der Waals surface area contributed by atoms with E-state index in [1.165, 1.54) is 66.8 Å². The normalized spacial score (nSPS) is 11.3. The Morgan fingerprint density at radius 2 is 0.298 bits per heavy atom. The number of hydrogen-bond acceptors (Lipinski definition) is 3. The van der Waals surface area contributed by atoms with Gasteiger partial charge in [-0.2, -0.15) is 0 Å². The van der Waals surface area contributed by atoms with Gasteiger partial charge in [-0.15, -0.1) is 0 Å². The monoisotopic (exact) mass is 1230 g/mol. The molecule has 0 aliphatic carbocycles. The van der Waals surface area contributed by atoms with Crippen molar-refractivity contribution in [1.82, 2.24) is 0 Å². The van der Waals surface area contributed by atoms with Gasteiger partial charge in [-0.1, -0.05) is 282 Å². The molecule has 0 aliphatic heterocycles. The van der Waals surface area contributed by atoms with Crippen molar-refractivity contribution in [3.63, 3.8) is 0 Å². The third-order valence-corrected chi connectivity index (χ3v) is 17.8. The van der Waals surface area contributed by atoms with Gasteiger partial charge in [0.2, 0.25) is 0 Å². The highest BCUT2D eigenvalue weighted by molar-refractivity contribution is 6.40. The minimum atomic E-state index is -1.41. The molecule has 0 bridgehead atoms. The molecular weight excluding hydrogens is 1140 g/mol. The Labute approximate surface area is 560 Å². The number of rotatable bonds is 15. The van der Waals surface area contributed by atoms with Crippen molar-refractivity contribution >= 4 is 7.32 Å². The molecule has 0 saturated carbocycles. The van der Waals surface area contributed by atoms with E-state index in [0.717, 1.165) is 134 Å². The first kappa shape index (κ1) is 64.2.